The highest BCUT2D eigenvalue weighted by atomic mass is 32.1. The molecule has 1 fully saturated rings. The van der Waals surface area contributed by atoms with Crippen LogP contribution in [0.15, 0.2) is 11.4 Å². The van der Waals surface area contributed by atoms with Crippen LogP contribution in [0.5, 0.6) is 0 Å². The number of hydrogen-bond donors (Lipinski definition) is 2. The highest BCUT2D eigenvalue weighted by molar-refractivity contribution is 7.12. The molecular weight excluding hydrogens is 262 g/mol. The van der Waals surface area contributed by atoms with Gasteiger partial charge in [0.2, 0.25) is 0 Å². The van der Waals surface area contributed by atoms with Gasteiger partial charge in [0.05, 0.1) is 10.8 Å². The number of amides is 1. The Hall–Kier alpha value is -1.36. The number of hydrogen-bond acceptors (Lipinski definition) is 3. The molecule has 4 nitrogen and oxygen atoms in total. The lowest BCUT2D eigenvalue weighted by Gasteiger charge is -2.29. The summed E-state index contributed by atoms with van der Waals surface area (Å²) in [6.07, 6.45) is 4.16. The van der Waals surface area contributed by atoms with Gasteiger partial charge >= 0.3 is 5.97 Å². The molecule has 1 heterocycles. The number of nitrogens with one attached hydrogen (secondary N) is 1. The summed E-state index contributed by atoms with van der Waals surface area (Å²) in [4.78, 5) is 24.2. The Morgan fingerprint density at radius 1 is 1.42 bits per heavy atom. The van der Waals surface area contributed by atoms with Crippen LogP contribution in [0.3, 0.4) is 0 Å². The standard InChI is InChI=1S/C14H19NO3S/c1-2-9-7-8-19-12(9)13(16)15-11-6-4-3-5-10(11)14(17)18/h7-8,10-11H,2-6H2,1H3,(H,15,16)(H,17,18)/t10-,11+/m0/s1. The zero-order chi connectivity index (χ0) is 13.8. The van der Waals surface area contributed by atoms with Crippen molar-refractivity contribution in [3.8, 4) is 0 Å². The number of carboxylic acids is 1. The molecule has 2 rings (SSSR count). The summed E-state index contributed by atoms with van der Waals surface area (Å²) in [6, 6.07) is 1.72. The van der Waals surface area contributed by atoms with Crippen molar-refractivity contribution in [2.24, 2.45) is 5.92 Å². The van der Waals surface area contributed by atoms with Gasteiger partial charge in [-0.1, -0.05) is 19.8 Å². The van der Waals surface area contributed by atoms with Crippen molar-refractivity contribution in [1.82, 2.24) is 5.32 Å². The first kappa shape index (κ1) is 14.1. The van der Waals surface area contributed by atoms with E-state index >= 15 is 0 Å². The normalized spacial score (nSPS) is 23.0. The van der Waals surface area contributed by atoms with Crippen LogP contribution in [0.4, 0.5) is 0 Å². The highest BCUT2D eigenvalue weighted by Gasteiger charge is 2.32. The Balaban J connectivity index is 2.07. The minimum absolute atomic E-state index is 0.120. The molecule has 1 amide bonds. The fourth-order valence-corrected chi connectivity index (χ4v) is 3.54. The molecule has 19 heavy (non-hydrogen) atoms. The first-order valence-electron chi connectivity index (χ1n) is 6.73. The molecule has 1 aliphatic rings. The van der Waals surface area contributed by atoms with Crippen LogP contribution in [0.1, 0.15) is 47.8 Å². The van der Waals surface area contributed by atoms with Gasteiger partial charge in [-0.3, -0.25) is 9.59 Å². The lowest BCUT2D eigenvalue weighted by Crippen LogP contribution is -2.45. The molecule has 0 aromatic carbocycles. The van der Waals surface area contributed by atoms with Crippen LogP contribution >= 0.6 is 11.3 Å². The highest BCUT2D eigenvalue weighted by Crippen LogP contribution is 2.26. The van der Waals surface area contributed by atoms with E-state index in [2.05, 4.69) is 5.32 Å². The zero-order valence-corrected chi connectivity index (χ0v) is 11.8. The summed E-state index contributed by atoms with van der Waals surface area (Å²) in [5.74, 6) is -1.36. The largest absolute Gasteiger partial charge is 0.481 e. The Bertz CT molecular complexity index is 469. The Kier molecular flexibility index (Phi) is 4.58. The van der Waals surface area contributed by atoms with Crippen LogP contribution in [0.2, 0.25) is 0 Å². The van der Waals surface area contributed by atoms with Gasteiger partial charge in [-0.25, -0.2) is 0 Å². The lowest BCUT2D eigenvalue weighted by molar-refractivity contribution is -0.143. The summed E-state index contributed by atoms with van der Waals surface area (Å²) < 4.78 is 0. The Morgan fingerprint density at radius 2 is 2.16 bits per heavy atom. The molecule has 0 saturated heterocycles. The van der Waals surface area contributed by atoms with Crippen molar-refractivity contribution in [2.75, 3.05) is 0 Å². The van der Waals surface area contributed by atoms with E-state index in [9.17, 15) is 14.7 Å². The second kappa shape index (κ2) is 6.19. The van der Waals surface area contributed by atoms with Crippen molar-refractivity contribution in [3.05, 3.63) is 21.9 Å². The monoisotopic (exact) mass is 281 g/mol. The number of carbonyl (C=O) groups is 2. The smallest absolute Gasteiger partial charge is 0.308 e. The van der Waals surface area contributed by atoms with Gasteiger partial charge in [0.15, 0.2) is 0 Å². The minimum atomic E-state index is -0.799. The Labute approximate surface area is 116 Å². The number of thiophene rings is 1. The van der Waals surface area contributed by atoms with E-state index in [1.165, 1.54) is 11.3 Å². The summed E-state index contributed by atoms with van der Waals surface area (Å²) in [5, 5.41) is 14.0. The molecule has 0 aliphatic heterocycles. The van der Waals surface area contributed by atoms with Crippen molar-refractivity contribution in [1.29, 1.82) is 0 Å². The number of carboxylic acid groups (broad SMARTS) is 1. The number of aryl methyl sites for hydroxylation is 1. The molecule has 104 valence electrons. The number of rotatable bonds is 4. The molecule has 1 saturated carbocycles. The molecular formula is C14H19NO3S. The van der Waals surface area contributed by atoms with Crippen molar-refractivity contribution >= 4 is 23.2 Å². The summed E-state index contributed by atoms with van der Waals surface area (Å²) in [6.45, 7) is 2.01. The molecule has 0 radical (unpaired) electrons. The van der Waals surface area contributed by atoms with E-state index in [0.717, 1.165) is 36.1 Å². The van der Waals surface area contributed by atoms with Crippen LogP contribution < -0.4 is 5.32 Å². The molecule has 0 spiro atoms. The maximum absolute atomic E-state index is 12.2. The van der Waals surface area contributed by atoms with Crippen LogP contribution in [-0.4, -0.2) is 23.0 Å². The third-order valence-electron chi connectivity index (χ3n) is 3.73. The molecule has 0 unspecified atom stereocenters. The summed E-state index contributed by atoms with van der Waals surface area (Å²) >= 11 is 1.42. The van der Waals surface area contributed by atoms with Gasteiger partial charge < -0.3 is 10.4 Å². The average Bonchev–Trinajstić information content (AvgIpc) is 2.87. The van der Waals surface area contributed by atoms with Gasteiger partial charge in [0.25, 0.3) is 5.91 Å². The number of aliphatic carboxylic acids is 1. The average molecular weight is 281 g/mol. The third-order valence-corrected chi connectivity index (χ3v) is 4.69. The Morgan fingerprint density at radius 3 is 2.84 bits per heavy atom. The van der Waals surface area contributed by atoms with Gasteiger partial charge in [0.1, 0.15) is 0 Å². The van der Waals surface area contributed by atoms with Crippen molar-refractivity contribution < 1.29 is 14.7 Å². The molecule has 2 atom stereocenters. The van der Waals surface area contributed by atoms with Crippen molar-refractivity contribution in [2.45, 2.75) is 45.1 Å². The second-order valence-corrected chi connectivity index (χ2v) is 5.85. The second-order valence-electron chi connectivity index (χ2n) is 4.94. The van der Waals surface area contributed by atoms with E-state index in [-0.39, 0.29) is 11.9 Å². The van der Waals surface area contributed by atoms with Crippen LogP contribution in [0, 0.1) is 5.92 Å². The topological polar surface area (TPSA) is 66.4 Å². The molecule has 1 aliphatic carbocycles. The lowest BCUT2D eigenvalue weighted by atomic mass is 9.84. The van der Waals surface area contributed by atoms with E-state index in [1.807, 2.05) is 18.4 Å². The quantitative estimate of drug-likeness (QED) is 0.891. The maximum atomic E-state index is 12.2. The van der Waals surface area contributed by atoms with Crippen LogP contribution in [0.25, 0.3) is 0 Å². The van der Waals surface area contributed by atoms with Gasteiger partial charge in [0, 0.05) is 6.04 Å². The molecule has 2 N–H and O–H groups in total. The molecule has 1 aromatic heterocycles. The fourth-order valence-electron chi connectivity index (χ4n) is 2.65. The van der Waals surface area contributed by atoms with E-state index in [4.69, 9.17) is 0 Å². The van der Waals surface area contributed by atoms with Gasteiger partial charge in [-0.05, 0) is 36.3 Å². The summed E-state index contributed by atoms with van der Waals surface area (Å²) in [7, 11) is 0. The predicted octanol–water partition coefficient (Wildman–Crippen LogP) is 2.68. The first-order valence-corrected chi connectivity index (χ1v) is 7.61. The minimum Gasteiger partial charge on any atom is -0.481 e. The molecule has 1 aromatic rings. The first-order chi connectivity index (χ1) is 9.13. The van der Waals surface area contributed by atoms with E-state index in [1.54, 1.807) is 0 Å². The van der Waals surface area contributed by atoms with Gasteiger partial charge in [-0.2, -0.15) is 0 Å². The third kappa shape index (κ3) is 3.15. The van der Waals surface area contributed by atoms with Gasteiger partial charge in [-0.15, -0.1) is 11.3 Å². The molecule has 0 bridgehead atoms. The SMILES string of the molecule is CCc1ccsc1C(=O)N[C@@H]1CCCC[C@@H]1C(=O)O. The predicted molar refractivity (Wildman–Crippen MR) is 74.5 cm³/mol. The fraction of sp³-hybridized carbons (Fsp3) is 0.571. The van der Waals surface area contributed by atoms with Crippen molar-refractivity contribution in [3.63, 3.8) is 0 Å². The summed E-state index contributed by atoms with van der Waals surface area (Å²) in [5.41, 5.74) is 1.03. The maximum Gasteiger partial charge on any atom is 0.308 e. The zero-order valence-electron chi connectivity index (χ0n) is 11.0. The van der Waals surface area contributed by atoms with E-state index < -0.39 is 11.9 Å². The number of carbonyl (C=O) groups excluding carboxylic acids is 1. The van der Waals surface area contributed by atoms with E-state index in [0.29, 0.717) is 6.42 Å². The molecule has 5 heteroatoms. The van der Waals surface area contributed by atoms with Crippen LogP contribution in [-0.2, 0) is 11.2 Å².